The molecule has 0 spiro atoms. The number of halogens is 3. The Morgan fingerprint density at radius 1 is 1.28 bits per heavy atom. The molecule has 0 fully saturated rings. The Kier molecular flexibility index (Phi) is 3.99. The van der Waals surface area contributed by atoms with Crippen LogP contribution in [0.3, 0.4) is 0 Å². The first kappa shape index (κ1) is 16.1. The Balaban J connectivity index is 1.37. The van der Waals surface area contributed by atoms with Gasteiger partial charge in [0.05, 0.1) is 0 Å². The van der Waals surface area contributed by atoms with Crippen LogP contribution in [0.4, 0.5) is 13.2 Å². The van der Waals surface area contributed by atoms with Gasteiger partial charge in [-0.3, -0.25) is 0 Å². The van der Waals surface area contributed by atoms with Gasteiger partial charge in [0.1, 0.15) is 11.5 Å². The lowest BCUT2D eigenvalue weighted by Gasteiger charge is -2.24. The molecule has 3 aromatic heterocycles. The van der Waals surface area contributed by atoms with E-state index in [2.05, 4.69) is 15.3 Å². The van der Waals surface area contributed by atoms with Crippen molar-refractivity contribution in [3.63, 3.8) is 0 Å². The van der Waals surface area contributed by atoms with Crippen LogP contribution in [0.25, 0.3) is 5.65 Å². The van der Waals surface area contributed by atoms with Gasteiger partial charge in [0.15, 0.2) is 5.69 Å². The molecule has 8 heteroatoms. The first-order valence-electron chi connectivity index (χ1n) is 8.25. The van der Waals surface area contributed by atoms with Crippen LogP contribution in [0.2, 0.25) is 0 Å². The fourth-order valence-electron chi connectivity index (χ4n) is 3.37. The molecule has 3 aromatic rings. The Morgan fingerprint density at radius 2 is 2.16 bits per heavy atom. The average molecular weight is 349 g/mol. The Morgan fingerprint density at radius 3 is 3.00 bits per heavy atom. The fourth-order valence-corrected chi connectivity index (χ4v) is 3.37. The predicted octanol–water partition coefficient (Wildman–Crippen LogP) is 2.90. The highest BCUT2D eigenvalue weighted by molar-refractivity contribution is 5.39. The van der Waals surface area contributed by atoms with Crippen LogP contribution in [0.1, 0.15) is 23.6 Å². The van der Waals surface area contributed by atoms with E-state index in [0.717, 1.165) is 30.5 Å². The second-order valence-electron chi connectivity index (χ2n) is 6.40. The number of imidazole rings is 2. The number of pyridine rings is 1. The molecule has 0 aromatic carbocycles. The Bertz CT molecular complexity index is 880. The van der Waals surface area contributed by atoms with Gasteiger partial charge in [-0.2, -0.15) is 13.2 Å². The average Bonchev–Trinajstić information content (AvgIpc) is 3.21. The van der Waals surface area contributed by atoms with Crippen molar-refractivity contribution in [1.82, 2.24) is 24.3 Å². The minimum atomic E-state index is -4.37. The highest BCUT2D eigenvalue weighted by Crippen LogP contribution is 2.30. The van der Waals surface area contributed by atoms with Gasteiger partial charge < -0.3 is 14.3 Å². The van der Waals surface area contributed by atoms with Gasteiger partial charge in [0.25, 0.3) is 0 Å². The summed E-state index contributed by atoms with van der Waals surface area (Å²) in [4.78, 5) is 7.98. The topological polar surface area (TPSA) is 47.2 Å². The van der Waals surface area contributed by atoms with Crippen LogP contribution in [-0.2, 0) is 25.7 Å². The lowest BCUT2D eigenvalue weighted by atomic mass is 9.99. The SMILES string of the molecule is FC(F)(F)c1cn2c(n1)CCC(CNCc1cccc3nccn13)C2. The van der Waals surface area contributed by atoms with E-state index in [1.807, 2.05) is 28.8 Å². The van der Waals surface area contributed by atoms with E-state index < -0.39 is 11.9 Å². The molecule has 0 aliphatic carbocycles. The van der Waals surface area contributed by atoms with E-state index in [0.29, 0.717) is 31.3 Å². The van der Waals surface area contributed by atoms with Crippen molar-refractivity contribution < 1.29 is 13.2 Å². The number of rotatable bonds is 4. The van der Waals surface area contributed by atoms with Crippen LogP contribution in [0.5, 0.6) is 0 Å². The lowest BCUT2D eigenvalue weighted by Crippen LogP contribution is -2.30. The summed E-state index contributed by atoms with van der Waals surface area (Å²) in [6.45, 7) is 2.01. The zero-order valence-electron chi connectivity index (χ0n) is 13.5. The number of alkyl halides is 3. The molecule has 25 heavy (non-hydrogen) atoms. The molecule has 1 atom stereocenters. The predicted molar refractivity (Wildman–Crippen MR) is 85.9 cm³/mol. The maximum atomic E-state index is 12.8. The molecule has 0 saturated heterocycles. The van der Waals surface area contributed by atoms with Gasteiger partial charge in [0, 0.05) is 50.3 Å². The Labute approximate surface area is 142 Å². The van der Waals surface area contributed by atoms with Crippen LogP contribution < -0.4 is 5.32 Å². The zero-order chi connectivity index (χ0) is 17.4. The third-order valence-corrected chi connectivity index (χ3v) is 4.63. The van der Waals surface area contributed by atoms with Crippen molar-refractivity contribution >= 4 is 5.65 Å². The van der Waals surface area contributed by atoms with Gasteiger partial charge >= 0.3 is 6.18 Å². The molecule has 0 radical (unpaired) electrons. The first-order chi connectivity index (χ1) is 12.0. The Hall–Kier alpha value is -2.35. The quantitative estimate of drug-likeness (QED) is 0.788. The summed E-state index contributed by atoms with van der Waals surface area (Å²) in [6.07, 6.45) is 1.87. The summed E-state index contributed by atoms with van der Waals surface area (Å²) in [6, 6.07) is 5.95. The van der Waals surface area contributed by atoms with Crippen molar-refractivity contribution in [3.8, 4) is 0 Å². The highest BCUT2D eigenvalue weighted by Gasteiger charge is 2.35. The van der Waals surface area contributed by atoms with Crippen molar-refractivity contribution in [3.05, 3.63) is 54.0 Å². The van der Waals surface area contributed by atoms with Crippen LogP contribution >= 0.6 is 0 Å². The van der Waals surface area contributed by atoms with Crippen LogP contribution in [0, 0.1) is 5.92 Å². The third kappa shape index (κ3) is 3.26. The van der Waals surface area contributed by atoms with Gasteiger partial charge in [-0.15, -0.1) is 0 Å². The summed E-state index contributed by atoms with van der Waals surface area (Å²) >= 11 is 0. The van der Waals surface area contributed by atoms with Crippen molar-refractivity contribution in [2.75, 3.05) is 6.54 Å². The third-order valence-electron chi connectivity index (χ3n) is 4.63. The van der Waals surface area contributed by atoms with Gasteiger partial charge in [-0.1, -0.05) is 6.07 Å². The van der Waals surface area contributed by atoms with E-state index in [1.54, 1.807) is 10.8 Å². The molecule has 1 aliphatic rings. The molecule has 0 saturated carbocycles. The monoisotopic (exact) mass is 349 g/mol. The van der Waals surface area contributed by atoms with Crippen LogP contribution in [0.15, 0.2) is 36.8 Å². The first-order valence-corrected chi connectivity index (χ1v) is 8.25. The minimum absolute atomic E-state index is 0.296. The molecule has 4 rings (SSSR count). The largest absolute Gasteiger partial charge is 0.434 e. The molecule has 0 amide bonds. The zero-order valence-corrected chi connectivity index (χ0v) is 13.5. The summed E-state index contributed by atoms with van der Waals surface area (Å²) in [5.41, 5.74) is 1.22. The number of aryl methyl sites for hydroxylation is 1. The summed E-state index contributed by atoms with van der Waals surface area (Å²) < 4.78 is 42.0. The smallest absolute Gasteiger partial charge is 0.334 e. The minimum Gasteiger partial charge on any atom is -0.334 e. The maximum absolute atomic E-state index is 12.8. The number of hydrogen-bond acceptors (Lipinski definition) is 3. The molecular weight excluding hydrogens is 331 g/mol. The molecular formula is C17H18F3N5. The van der Waals surface area contributed by atoms with Crippen LogP contribution in [-0.4, -0.2) is 25.5 Å². The highest BCUT2D eigenvalue weighted by atomic mass is 19.4. The standard InChI is InChI=1S/C17H18F3N5/c18-17(19,20)14-11-24-10-12(4-5-16(24)23-14)8-21-9-13-2-1-3-15-22-6-7-25(13)15/h1-3,6-7,11-12,21H,4-5,8-10H2. The summed E-state index contributed by atoms with van der Waals surface area (Å²) in [5.74, 6) is 0.830. The van der Waals surface area contributed by atoms with E-state index in [-0.39, 0.29) is 0 Å². The molecule has 0 bridgehead atoms. The molecule has 4 heterocycles. The molecule has 132 valence electrons. The van der Waals surface area contributed by atoms with Crippen molar-refractivity contribution in [1.29, 1.82) is 0 Å². The maximum Gasteiger partial charge on any atom is 0.434 e. The molecule has 5 nitrogen and oxygen atoms in total. The molecule has 1 unspecified atom stereocenters. The van der Waals surface area contributed by atoms with E-state index in [4.69, 9.17) is 0 Å². The summed E-state index contributed by atoms with van der Waals surface area (Å²) in [7, 11) is 0. The van der Waals surface area contributed by atoms with E-state index in [9.17, 15) is 13.2 Å². The van der Waals surface area contributed by atoms with Gasteiger partial charge in [-0.25, -0.2) is 9.97 Å². The number of hydrogen-bond donors (Lipinski definition) is 1. The second kappa shape index (κ2) is 6.18. The van der Waals surface area contributed by atoms with E-state index in [1.165, 1.54) is 0 Å². The molecule has 1 N–H and O–H groups in total. The number of nitrogens with one attached hydrogen (secondary N) is 1. The van der Waals surface area contributed by atoms with Crippen molar-refractivity contribution in [2.45, 2.75) is 32.1 Å². The number of aromatic nitrogens is 4. The number of nitrogens with zero attached hydrogens (tertiary/aromatic N) is 4. The second-order valence-corrected chi connectivity index (χ2v) is 6.40. The van der Waals surface area contributed by atoms with Gasteiger partial charge in [0.2, 0.25) is 0 Å². The summed E-state index contributed by atoms with van der Waals surface area (Å²) in [5, 5.41) is 3.42. The van der Waals surface area contributed by atoms with E-state index >= 15 is 0 Å². The lowest BCUT2D eigenvalue weighted by molar-refractivity contribution is -0.141. The van der Waals surface area contributed by atoms with Gasteiger partial charge in [-0.05, 0) is 24.5 Å². The van der Waals surface area contributed by atoms with Crippen molar-refractivity contribution in [2.24, 2.45) is 5.92 Å². The number of fused-ring (bicyclic) bond motifs is 2. The molecule has 1 aliphatic heterocycles. The fraction of sp³-hybridized carbons (Fsp3) is 0.412. The normalized spacial score (nSPS) is 17.8.